The molecule has 2 aromatic carbocycles. The van der Waals surface area contributed by atoms with E-state index in [9.17, 15) is 9.59 Å². The van der Waals surface area contributed by atoms with Crippen LogP contribution in [0.4, 0.5) is 10.5 Å². The maximum Gasteiger partial charge on any atom is 0.414 e. The van der Waals surface area contributed by atoms with Gasteiger partial charge in [0.2, 0.25) is 0 Å². The first-order valence-corrected chi connectivity index (χ1v) is 13.8. The first-order chi connectivity index (χ1) is 18.4. The van der Waals surface area contributed by atoms with Crippen molar-refractivity contribution in [2.24, 2.45) is 13.0 Å². The number of hydrogen-bond donors (Lipinski definition) is 0. The van der Waals surface area contributed by atoms with Gasteiger partial charge < -0.3 is 13.9 Å². The summed E-state index contributed by atoms with van der Waals surface area (Å²) in [6, 6.07) is 13.4. The SMILES string of the molecule is COC(=O)N1c2ccc3c(nc(Cc4ccc5c(ccn5C)c4)n3C3CCC(C(C)=O)CC3)c2CC[C@@H]1C. The average Bonchev–Trinajstić information content (AvgIpc) is 3.47. The molecule has 1 saturated carbocycles. The standard InChI is InChI=1S/C31H36N4O3/c1-19-5-11-25-27(34(19)31(37)38-4)13-14-28-30(25)32-29(35(28)24-9-7-22(8-10-24)20(2)36)18-21-6-12-26-23(17-21)15-16-33(26)3/h6,12-17,19,22,24H,5,7-11,18H2,1-4H3/t19-,22?,24?/m0/s1. The lowest BCUT2D eigenvalue weighted by Gasteiger charge is -2.34. The summed E-state index contributed by atoms with van der Waals surface area (Å²) in [6.45, 7) is 3.80. The van der Waals surface area contributed by atoms with Crippen molar-refractivity contribution in [3.63, 3.8) is 0 Å². The Morgan fingerprint density at radius 3 is 2.53 bits per heavy atom. The first-order valence-electron chi connectivity index (χ1n) is 13.8. The summed E-state index contributed by atoms with van der Waals surface area (Å²) in [5.41, 5.74) is 6.61. The number of methoxy groups -OCH3 is 1. The molecule has 2 aromatic heterocycles. The van der Waals surface area contributed by atoms with Crippen molar-refractivity contribution < 1.29 is 14.3 Å². The topological polar surface area (TPSA) is 69.4 Å². The third kappa shape index (κ3) is 4.08. The van der Waals surface area contributed by atoms with Crippen LogP contribution in [0.3, 0.4) is 0 Å². The Morgan fingerprint density at radius 1 is 1.03 bits per heavy atom. The highest BCUT2D eigenvalue weighted by molar-refractivity contribution is 5.95. The van der Waals surface area contributed by atoms with Gasteiger partial charge in [-0.15, -0.1) is 0 Å². The Morgan fingerprint density at radius 2 is 1.79 bits per heavy atom. The summed E-state index contributed by atoms with van der Waals surface area (Å²) in [4.78, 5) is 31.8. The maximum atomic E-state index is 12.7. The maximum absolute atomic E-state index is 12.7. The minimum absolute atomic E-state index is 0.0772. The second kappa shape index (κ2) is 9.61. The van der Waals surface area contributed by atoms with Gasteiger partial charge in [-0.05, 0) is 93.7 Å². The molecule has 2 aliphatic rings. The number of imidazole rings is 1. The van der Waals surface area contributed by atoms with Crippen LogP contribution in [0.5, 0.6) is 0 Å². The molecule has 1 atom stereocenters. The number of hydrogen-bond acceptors (Lipinski definition) is 4. The highest BCUT2D eigenvalue weighted by atomic mass is 16.5. The molecule has 1 aliphatic carbocycles. The smallest absolute Gasteiger partial charge is 0.414 e. The number of fused-ring (bicyclic) bond motifs is 4. The van der Waals surface area contributed by atoms with Gasteiger partial charge in [-0.3, -0.25) is 9.69 Å². The zero-order chi connectivity index (χ0) is 26.6. The van der Waals surface area contributed by atoms with Crippen molar-refractivity contribution in [2.75, 3.05) is 12.0 Å². The summed E-state index contributed by atoms with van der Waals surface area (Å²) in [5, 5.41) is 1.23. The van der Waals surface area contributed by atoms with Crippen LogP contribution in [0, 0.1) is 5.92 Å². The minimum atomic E-state index is -0.323. The van der Waals surface area contributed by atoms with Crippen LogP contribution in [0.1, 0.15) is 68.9 Å². The molecule has 4 aromatic rings. The van der Waals surface area contributed by atoms with Gasteiger partial charge in [-0.2, -0.15) is 0 Å². The van der Waals surface area contributed by atoms with Crippen molar-refractivity contribution in [1.82, 2.24) is 14.1 Å². The van der Waals surface area contributed by atoms with E-state index in [0.29, 0.717) is 11.8 Å². The average molecular weight is 513 g/mol. The predicted molar refractivity (Wildman–Crippen MR) is 150 cm³/mol. The van der Waals surface area contributed by atoms with E-state index in [1.165, 1.54) is 23.6 Å². The van der Waals surface area contributed by atoms with Crippen molar-refractivity contribution >= 4 is 39.5 Å². The number of carbonyl (C=O) groups is 2. The zero-order valence-electron chi connectivity index (χ0n) is 22.7. The molecule has 0 N–H and O–H groups in total. The Labute approximate surface area is 223 Å². The second-order valence-corrected chi connectivity index (χ2v) is 11.2. The Hall–Kier alpha value is -3.61. The number of nitrogens with zero attached hydrogens (tertiary/aromatic N) is 4. The fourth-order valence-electron chi connectivity index (χ4n) is 6.72. The molecule has 6 rings (SSSR count). The fraction of sp³-hybridized carbons (Fsp3) is 0.452. The van der Waals surface area contributed by atoms with Gasteiger partial charge in [-0.25, -0.2) is 9.78 Å². The molecule has 0 radical (unpaired) electrons. The quantitative estimate of drug-likeness (QED) is 0.320. The van der Waals surface area contributed by atoms with E-state index < -0.39 is 0 Å². The van der Waals surface area contributed by atoms with Gasteiger partial charge in [0.05, 0.1) is 23.8 Å². The largest absolute Gasteiger partial charge is 0.452 e. The molecule has 1 aliphatic heterocycles. The number of carbonyl (C=O) groups excluding carboxylic acids is 2. The van der Waals surface area contributed by atoms with E-state index in [1.54, 1.807) is 11.8 Å². The van der Waals surface area contributed by atoms with Crippen LogP contribution in [-0.2, 0) is 29.4 Å². The van der Waals surface area contributed by atoms with E-state index in [-0.39, 0.29) is 18.1 Å². The van der Waals surface area contributed by atoms with Gasteiger partial charge in [0.1, 0.15) is 11.6 Å². The van der Waals surface area contributed by atoms with E-state index in [2.05, 4.69) is 65.7 Å². The molecule has 3 heterocycles. The Kier molecular flexibility index (Phi) is 6.25. The second-order valence-electron chi connectivity index (χ2n) is 11.2. The number of anilines is 1. The lowest BCUT2D eigenvalue weighted by Crippen LogP contribution is -2.42. The summed E-state index contributed by atoms with van der Waals surface area (Å²) >= 11 is 0. The van der Waals surface area contributed by atoms with Crippen LogP contribution in [0.15, 0.2) is 42.6 Å². The molecule has 0 bridgehead atoms. The van der Waals surface area contributed by atoms with Crippen molar-refractivity contribution in [1.29, 1.82) is 0 Å². The van der Waals surface area contributed by atoms with Gasteiger partial charge in [0, 0.05) is 48.7 Å². The van der Waals surface area contributed by atoms with E-state index in [1.807, 2.05) is 0 Å². The lowest BCUT2D eigenvalue weighted by molar-refractivity contribution is -0.121. The zero-order valence-corrected chi connectivity index (χ0v) is 22.7. The number of ketones is 1. The number of rotatable bonds is 4. The molecule has 7 nitrogen and oxygen atoms in total. The summed E-state index contributed by atoms with van der Waals surface area (Å²) < 4.78 is 9.72. The van der Waals surface area contributed by atoms with Gasteiger partial charge in [0.25, 0.3) is 0 Å². The molecule has 1 fully saturated rings. The van der Waals surface area contributed by atoms with E-state index in [0.717, 1.165) is 73.1 Å². The molecule has 0 saturated heterocycles. The number of benzene rings is 2. The summed E-state index contributed by atoms with van der Waals surface area (Å²) in [7, 11) is 3.51. The highest BCUT2D eigenvalue weighted by Gasteiger charge is 2.33. The summed E-state index contributed by atoms with van der Waals surface area (Å²) in [5.74, 6) is 1.53. The molecule has 0 unspecified atom stereocenters. The van der Waals surface area contributed by atoms with Crippen molar-refractivity contribution in [2.45, 2.75) is 70.9 Å². The highest BCUT2D eigenvalue weighted by Crippen LogP contribution is 2.41. The summed E-state index contributed by atoms with van der Waals surface area (Å²) in [6.07, 6.45) is 8.06. The van der Waals surface area contributed by atoms with Crippen LogP contribution in [-0.4, -0.2) is 39.1 Å². The molecular weight excluding hydrogens is 476 g/mol. The number of ether oxygens (including phenoxy) is 1. The third-order valence-electron chi connectivity index (χ3n) is 8.85. The van der Waals surface area contributed by atoms with E-state index in [4.69, 9.17) is 9.72 Å². The van der Waals surface area contributed by atoms with Crippen LogP contribution >= 0.6 is 0 Å². The van der Waals surface area contributed by atoms with Gasteiger partial charge in [0.15, 0.2) is 0 Å². The number of amides is 1. The Balaban J connectivity index is 1.46. The number of Topliss-reactive ketones (excluding diaryl/α,β-unsaturated/α-hetero) is 1. The van der Waals surface area contributed by atoms with Crippen molar-refractivity contribution in [3.8, 4) is 0 Å². The molecule has 198 valence electrons. The minimum Gasteiger partial charge on any atom is -0.452 e. The molecule has 0 spiro atoms. The van der Waals surface area contributed by atoms with Gasteiger partial charge in [-0.1, -0.05) is 6.07 Å². The molecular formula is C31H36N4O3. The van der Waals surface area contributed by atoms with Gasteiger partial charge >= 0.3 is 6.09 Å². The Bertz CT molecular complexity index is 1540. The molecule has 1 amide bonds. The molecule has 7 heteroatoms. The normalized spacial score (nSPS) is 21.6. The fourth-order valence-corrected chi connectivity index (χ4v) is 6.72. The lowest BCUT2D eigenvalue weighted by atomic mass is 9.83. The predicted octanol–water partition coefficient (Wildman–Crippen LogP) is 6.35. The number of aryl methyl sites for hydroxylation is 2. The van der Waals surface area contributed by atoms with E-state index >= 15 is 0 Å². The van der Waals surface area contributed by atoms with Crippen molar-refractivity contribution in [3.05, 3.63) is 59.5 Å². The monoisotopic (exact) mass is 512 g/mol. The first kappa shape index (κ1) is 24.7. The third-order valence-corrected chi connectivity index (χ3v) is 8.85. The van der Waals surface area contributed by atoms with Crippen LogP contribution in [0.2, 0.25) is 0 Å². The van der Waals surface area contributed by atoms with Crippen LogP contribution in [0.25, 0.3) is 21.9 Å². The molecule has 38 heavy (non-hydrogen) atoms. The number of aromatic nitrogens is 3. The van der Waals surface area contributed by atoms with Crippen LogP contribution < -0.4 is 4.90 Å².